The van der Waals surface area contributed by atoms with Gasteiger partial charge in [-0.3, -0.25) is 10.2 Å². The molecule has 1 aliphatic carbocycles. The van der Waals surface area contributed by atoms with Crippen LogP contribution in [0, 0.1) is 5.41 Å². The molecule has 1 amide bonds. The summed E-state index contributed by atoms with van der Waals surface area (Å²) in [6.45, 7) is 0.467. The Morgan fingerprint density at radius 3 is 2.50 bits per heavy atom. The second-order valence-electron chi connectivity index (χ2n) is 9.22. The van der Waals surface area contributed by atoms with Gasteiger partial charge >= 0.3 is 0 Å². The summed E-state index contributed by atoms with van der Waals surface area (Å²) in [5.74, 6) is -0.207. The smallest absolute Gasteiger partial charge is 0.270 e. The van der Waals surface area contributed by atoms with Crippen molar-refractivity contribution < 1.29 is 4.79 Å². The summed E-state index contributed by atoms with van der Waals surface area (Å²) in [6.07, 6.45) is 3.54. The Morgan fingerprint density at radius 2 is 1.74 bits per heavy atom. The third-order valence-corrected chi connectivity index (χ3v) is 6.95. The summed E-state index contributed by atoms with van der Waals surface area (Å²) < 4.78 is 1.96. The molecule has 0 saturated heterocycles. The number of carbonyl (C=O) groups is 1. The largest absolute Gasteiger partial charge is 0.396 e. The number of amides is 1. The molecule has 8 N–H and O–H groups in total. The Balaban J connectivity index is 1.62. The van der Waals surface area contributed by atoms with Gasteiger partial charge in [-0.1, -0.05) is 48.5 Å². The van der Waals surface area contributed by atoms with Crippen molar-refractivity contribution in [2.45, 2.75) is 44.3 Å². The summed E-state index contributed by atoms with van der Waals surface area (Å²) in [5.41, 5.74) is 21.7. The summed E-state index contributed by atoms with van der Waals surface area (Å²) >= 11 is 0. The number of nitrogens with one attached hydrogen (secondary N) is 2. The molecule has 34 heavy (non-hydrogen) atoms. The van der Waals surface area contributed by atoms with E-state index in [1.807, 2.05) is 34.9 Å². The maximum absolute atomic E-state index is 13.6. The predicted octanol–water partition coefficient (Wildman–Crippen LogP) is 3.71. The summed E-state index contributed by atoms with van der Waals surface area (Å²) in [4.78, 5) is 13.6. The highest BCUT2D eigenvalue weighted by Crippen LogP contribution is 2.32. The fourth-order valence-electron chi connectivity index (χ4n) is 5.07. The monoisotopic (exact) mass is 454 g/mol. The van der Waals surface area contributed by atoms with E-state index in [0.29, 0.717) is 23.5 Å². The SMILES string of the molecule is N=C(N)c1ccc2c(N)c(C(=O)NC3CCC(N)CC3)n(Cc3cccc4ccccc34)c2c1. The highest BCUT2D eigenvalue weighted by atomic mass is 16.2. The number of hydrogen-bond donors (Lipinski definition) is 5. The van der Waals surface area contributed by atoms with Crippen LogP contribution in [0.4, 0.5) is 5.69 Å². The second-order valence-corrected chi connectivity index (χ2v) is 9.22. The number of amidine groups is 1. The number of rotatable bonds is 5. The fourth-order valence-corrected chi connectivity index (χ4v) is 5.07. The lowest BCUT2D eigenvalue weighted by molar-refractivity contribution is 0.0918. The molecule has 1 saturated carbocycles. The number of aromatic nitrogens is 1. The molecule has 0 atom stereocenters. The molecule has 0 aliphatic heterocycles. The molecular weight excluding hydrogens is 424 g/mol. The lowest BCUT2D eigenvalue weighted by atomic mass is 9.92. The molecule has 0 spiro atoms. The van der Waals surface area contributed by atoms with Gasteiger partial charge in [-0.05, 0) is 54.2 Å². The Bertz CT molecular complexity index is 1390. The zero-order valence-electron chi connectivity index (χ0n) is 19.1. The molecule has 174 valence electrons. The molecule has 0 radical (unpaired) electrons. The summed E-state index contributed by atoms with van der Waals surface area (Å²) in [5, 5.41) is 14.1. The molecule has 1 fully saturated rings. The lowest BCUT2D eigenvalue weighted by Crippen LogP contribution is -2.41. The van der Waals surface area contributed by atoms with E-state index in [1.165, 1.54) is 0 Å². The van der Waals surface area contributed by atoms with Gasteiger partial charge < -0.3 is 27.1 Å². The summed E-state index contributed by atoms with van der Waals surface area (Å²) in [7, 11) is 0. The summed E-state index contributed by atoms with van der Waals surface area (Å²) in [6, 6.07) is 20.1. The quantitative estimate of drug-likeness (QED) is 0.232. The van der Waals surface area contributed by atoms with Crippen molar-refractivity contribution in [3.05, 3.63) is 77.5 Å². The lowest BCUT2D eigenvalue weighted by Gasteiger charge is -2.27. The van der Waals surface area contributed by atoms with Crippen LogP contribution < -0.4 is 22.5 Å². The molecule has 7 heteroatoms. The zero-order chi connectivity index (χ0) is 23.8. The third-order valence-electron chi connectivity index (χ3n) is 6.95. The van der Waals surface area contributed by atoms with Crippen molar-refractivity contribution in [1.29, 1.82) is 5.41 Å². The fraction of sp³-hybridized carbons (Fsp3) is 0.259. The van der Waals surface area contributed by atoms with Gasteiger partial charge in [0.2, 0.25) is 0 Å². The number of nitrogen functional groups attached to an aromatic ring is 2. The van der Waals surface area contributed by atoms with E-state index in [4.69, 9.17) is 22.6 Å². The van der Waals surface area contributed by atoms with E-state index in [-0.39, 0.29) is 23.8 Å². The van der Waals surface area contributed by atoms with Crippen LogP contribution in [0.15, 0.2) is 60.7 Å². The average Bonchev–Trinajstić information content (AvgIpc) is 3.11. The van der Waals surface area contributed by atoms with Crippen molar-refractivity contribution >= 4 is 39.1 Å². The topological polar surface area (TPSA) is 136 Å². The maximum atomic E-state index is 13.6. The molecular formula is C27H30N6O. The van der Waals surface area contributed by atoms with Gasteiger partial charge in [0.05, 0.1) is 11.2 Å². The number of benzene rings is 3. The zero-order valence-corrected chi connectivity index (χ0v) is 19.1. The molecule has 1 heterocycles. The Kier molecular flexibility index (Phi) is 5.71. The van der Waals surface area contributed by atoms with Crippen LogP contribution >= 0.6 is 0 Å². The van der Waals surface area contributed by atoms with Crippen LogP contribution in [0.25, 0.3) is 21.7 Å². The Morgan fingerprint density at radius 1 is 1.00 bits per heavy atom. The van der Waals surface area contributed by atoms with Gasteiger partial charge in [-0.25, -0.2) is 0 Å². The van der Waals surface area contributed by atoms with Gasteiger partial charge in [0.1, 0.15) is 11.5 Å². The van der Waals surface area contributed by atoms with Crippen LogP contribution in [-0.4, -0.2) is 28.4 Å². The number of anilines is 1. The van der Waals surface area contributed by atoms with E-state index >= 15 is 0 Å². The molecule has 0 bridgehead atoms. The molecule has 7 nitrogen and oxygen atoms in total. The van der Waals surface area contributed by atoms with Gasteiger partial charge in [-0.2, -0.15) is 0 Å². The van der Waals surface area contributed by atoms with E-state index in [1.54, 1.807) is 6.07 Å². The highest BCUT2D eigenvalue weighted by Gasteiger charge is 2.26. The van der Waals surface area contributed by atoms with Gasteiger partial charge in [0.15, 0.2) is 0 Å². The minimum absolute atomic E-state index is 0.0251. The molecule has 4 aromatic rings. The molecule has 1 aromatic heterocycles. The number of hydrogen-bond acceptors (Lipinski definition) is 4. The van der Waals surface area contributed by atoms with Crippen molar-refractivity contribution in [3.63, 3.8) is 0 Å². The third kappa shape index (κ3) is 3.99. The van der Waals surface area contributed by atoms with Gasteiger partial charge in [0, 0.05) is 29.6 Å². The number of fused-ring (bicyclic) bond motifs is 2. The van der Waals surface area contributed by atoms with E-state index in [0.717, 1.165) is 52.9 Å². The van der Waals surface area contributed by atoms with Crippen molar-refractivity contribution in [2.75, 3.05) is 5.73 Å². The van der Waals surface area contributed by atoms with Crippen molar-refractivity contribution in [3.8, 4) is 0 Å². The van der Waals surface area contributed by atoms with Crippen LogP contribution in [0.2, 0.25) is 0 Å². The van der Waals surface area contributed by atoms with Crippen LogP contribution in [0.1, 0.15) is 47.3 Å². The average molecular weight is 455 g/mol. The standard InChI is InChI=1S/C27H30N6O/c28-19-9-11-20(12-10-19)32-27(34)25-24(29)22-13-8-17(26(30)31)14-23(22)33(25)15-18-6-3-5-16-4-1-2-7-21(16)18/h1-8,13-14,19-20H,9-12,15,28-29H2,(H3,30,31)(H,32,34). The van der Waals surface area contributed by atoms with Gasteiger partial charge in [0.25, 0.3) is 5.91 Å². The van der Waals surface area contributed by atoms with Crippen molar-refractivity contribution in [1.82, 2.24) is 9.88 Å². The highest BCUT2D eigenvalue weighted by molar-refractivity contribution is 6.10. The number of nitrogens with two attached hydrogens (primary N) is 3. The van der Waals surface area contributed by atoms with E-state index in [9.17, 15) is 4.79 Å². The second kappa shape index (κ2) is 8.83. The molecule has 0 unspecified atom stereocenters. The first-order valence-electron chi connectivity index (χ1n) is 11.7. The number of carbonyl (C=O) groups excluding carboxylic acids is 1. The van der Waals surface area contributed by atoms with E-state index in [2.05, 4.69) is 29.6 Å². The van der Waals surface area contributed by atoms with Crippen LogP contribution in [-0.2, 0) is 6.54 Å². The molecule has 3 aromatic carbocycles. The predicted molar refractivity (Wildman–Crippen MR) is 138 cm³/mol. The first-order valence-corrected chi connectivity index (χ1v) is 11.7. The maximum Gasteiger partial charge on any atom is 0.270 e. The van der Waals surface area contributed by atoms with Gasteiger partial charge in [-0.15, -0.1) is 0 Å². The minimum Gasteiger partial charge on any atom is -0.396 e. The first kappa shape index (κ1) is 22.0. The van der Waals surface area contributed by atoms with Crippen molar-refractivity contribution in [2.24, 2.45) is 11.5 Å². The molecule has 1 aliphatic rings. The number of nitrogens with zero attached hydrogens (tertiary/aromatic N) is 1. The van der Waals surface area contributed by atoms with E-state index < -0.39 is 0 Å². The normalized spacial score (nSPS) is 18.3. The molecule has 5 rings (SSSR count). The van der Waals surface area contributed by atoms with Crippen LogP contribution in [0.5, 0.6) is 0 Å². The van der Waals surface area contributed by atoms with Crippen LogP contribution in [0.3, 0.4) is 0 Å². The first-order chi connectivity index (χ1) is 16.4. The Labute approximate surface area is 198 Å². The minimum atomic E-state index is -0.182. The Hall–Kier alpha value is -3.84.